The molecule has 0 aliphatic heterocycles. The fourth-order valence-electron chi connectivity index (χ4n) is 1.78. The van der Waals surface area contributed by atoms with E-state index in [-0.39, 0.29) is 0 Å². The molecule has 0 atom stereocenters. The molecule has 2 nitrogen and oxygen atoms in total. The predicted molar refractivity (Wildman–Crippen MR) is 54.7 cm³/mol. The molecule has 0 aliphatic carbocycles. The van der Waals surface area contributed by atoms with E-state index in [4.69, 9.17) is 0 Å². The molecular weight excluding hydrogens is 179 g/mol. The summed E-state index contributed by atoms with van der Waals surface area (Å²) in [4.78, 5) is 3.87. The summed E-state index contributed by atoms with van der Waals surface area (Å²) >= 11 is 0. The van der Waals surface area contributed by atoms with E-state index in [0.717, 1.165) is 23.9 Å². The van der Waals surface area contributed by atoms with E-state index in [0.29, 0.717) is 0 Å². The Balaban J connectivity index is 2.65. The molecule has 74 valence electrons. The number of aromatic nitrogens is 2. The quantitative estimate of drug-likeness (QED) is 0.669. The Labute approximate surface area is 82.4 Å². The number of aryl methyl sites for hydroxylation is 2. The van der Waals surface area contributed by atoms with Crippen LogP contribution < -0.4 is 0 Å². The van der Waals surface area contributed by atoms with Gasteiger partial charge in [-0.2, -0.15) is 4.39 Å². The van der Waals surface area contributed by atoms with Crippen LogP contribution in [0.5, 0.6) is 0 Å². The molecule has 2 aromatic heterocycles. The highest BCUT2D eigenvalue weighted by molar-refractivity contribution is 5.80. The molecule has 0 saturated carbocycles. The molecule has 0 unspecified atom stereocenters. The van der Waals surface area contributed by atoms with Crippen molar-refractivity contribution in [1.29, 1.82) is 0 Å². The topological polar surface area (TPSA) is 17.8 Å². The Hall–Kier alpha value is -1.38. The molecule has 14 heavy (non-hydrogen) atoms. The zero-order chi connectivity index (χ0) is 10.1. The molecule has 0 spiro atoms. The van der Waals surface area contributed by atoms with Crippen LogP contribution in [0.1, 0.15) is 18.9 Å². The Bertz CT molecular complexity index is 460. The zero-order valence-corrected chi connectivity index (χ0v) is 8.42. The normalized spacial score (nSPS) is 11.1. The van der Waals surface area contributed by atoms with Gasteiger partial charge >= 0.3 is 0 Å². The monoisotopic (exact) mass is 192 g/mol. The lowest BCUT2D eigenvalue weighted by Gasteiger charge is -1.95. The lowest BCUT2D eigenvalue weighted by Crippen LogP contribution is -1.89. The van der Waals surface area contributed by atoms with Crippen LogP contribution in [0.15, 0.2) is 18.3 Å². The summed E-state index contributed by atoms with van der Waals surface area (Å²) < 4.78 is 14.8. The molecule has 2 heterocycles. The molecule has 2 aromatic rings. The second kappa shape index (κ2) is 3.40. The van der Waals surface area contributed by atoms with E-state index < -0.39 is 5.95 Å². The van der Waals surface area contributed by atoms with Crippen molar-refractivity contribution in [3.8, 4) is 0 Å². The summed E-state index contributed by atoms with van der Waals surface area (Å²) in [5.41, 5.74) is 1.98. The number of fused-ring (bicyclic) bond motifs is 1. The largest absolute Gasteiger partial charge is 0.335 e. The maximum absolute atomic E-state index is 12.9. The third-order valence-corrected chi connectivity index (χ3v) is 2.39. The first kappa shape index (κ1) is 9.19. The first-order valence-electron chi connectivity index (χ1n) is 4.83. The average Bonchev–Trinajstić information content (AvgIpc) is 2.44. The second-order valence-corrected chi connectivity index (χ2v) is 3.52. The van der Waals surface area contributed by atoms with Gasteiger partial charge in [0.1, 0.15) is 5.65 Å². The van der Waals surface area contributed by atoms with Gasteiger partial charge in [-0.15, -0.1) is 0 Å². The van der Waals surface area contributed by atoms with E-state index in [2.05, 4.69) is 11.9 Å². The molecule has 0 aromatic carbocycles. The third kappa shape index (κ3) is 1.39. The highest BCUT2D eigenvalue weighted by Crippen LogP contribution is 2.20. The van der Waals surface area contributed by atoms with Gasteiger partial charge in [0, 0.05) is 18.6 Å². The van der Waals surface area contributed by atoms with Crippen molar-refractivity contribution < 1.29 is 4.39 Å². The van der Waals surface area contributed by atoms with Gasteiger partial charge in [-0.3, -0.25) is 0 Å². The molecule has 2 rings (SSSR count). The summed E-state index contributed by atoms with van der Waals surface area (Å²) in [5, 5.41) is 1.07. The van der Waals surface area contributed by atoms with Crippen LogP contribution in [0.2, 0.25) is 0 Å². The Morgan fingerprint density at radius 3 is 2.93 bits per heavy atom. The first-order chi connectivity index (χ1) is 6.72. The predicted octanol–water partition coefficient (Wildman–Crippen LogP) is 2.66. The van der Waals surface area contributed by atoms with Gasteiger partial charge in [0.2, 0.25) is 5.95 Å². The number of halogens is 1. The minimum Gasteiger partial charge on any atom is -0.335 e. The number of hydrogen-bond acceptors (Lipinski definition) is 1. The van der Waals surface area contributed by atoms with Gasteiger partial charge in [-0.25, -0.2) is 4.98 Å². The van der Waals surface area contributed by atoms with Crippen LogP contribution in [0.4, 0.5) is 4.39 Å². The lowest BCUT2D eigenvalue weighted by atomic mass is 10.1. The van der Waals surface area contributed by atoms with Crippen molar-refractivity contribution in [2.24, 2.45) is 7.05 Å². The third-order valence-electron chi connectivity index (χ3n) is 2.39. The minimum atomic E-state index is -0.415. The van der Waals surface area contributed by atoms with E-state index >= 15 is 0 Å². The molecular formula is C11H13FN2. The molecule has 0 fully saturated rings. The van der Waals surface area contributed by atoms with Crippen LogP contribution in [-0.4, -0.2) is 9.55 Å². The van der Waals surface area contributed by atoms with E-state index in [9.17, 15) is 4.39 Å². The molecule has 0 saturated heterocycles. The highest BCUT2D eigenvalue weighted by atomic mass is 19.1. The lowest BCUT2D eigenvalue weighted by molar-refractivity contribution is 0.586. The maximum atomic E-state index is 12.9. The maximum Gasteiger partial charge on any atom is 0.214 e. The SMILES string of the molecule is CCCc1cn(C)c2nc(F)ccc12. The van der Waals surface area contributed by atoms with Crippen molar-refractivity contribution in [1.82, 2.24) is 9.55 Å². The van der Waals surface area contributed by atoms with Crippen LogP contribution in [0.3, 0.4) is 0 Å². The van der Waals surface area contributed by atoms with Gasteiger partial charge in [0.15, 0.2) is 0 Å². The van der Waals surface area contributed by atoms with Gasteiger partial charge in [0.25, 0.3) is 0 Å². The Morgan fingerprint density at radius 1 is 1.43 bits per heavy atom. The van der Waals surface area contributed by atoms with Crippen molar-refractivity contribution in [2.75, 3.05) is 0 Å². The summed E-state index contributed by atoms with van der Waals surface area (Å²) in [6.45, 7) is 2.13. The Kier molecular flexibility index (Phi) is 2.23. The van der Waals surface area contributed by atoms with E-state index in [1.54, 1.807) is 0 Å². The van der Waals surface area contributed by atoms with Crippen molar-refractivity contribution in [3.05, 3.63) is 29.8 Å². The van der Waals surface area contributed by atoms with Crippen molar-refractivity contribution in [3.63, 3.8) is 0 Å². The van der Waals surface area contributed by atoms with Crippen LogP contribution in [-0.2, 0) is 13.5 Å². The van der Waals surface area contributed by atoms with Crippen LogP contribution in [0.25, 0.3) is 11.0 Å². The number of nitrogens with zero attached hydrogens (tertiary/aromatic N) is 2. The summed E-state index contributed by atoms with van der Waals surface area (Å²) in [5.74, 6) is -0.415. The van der Waals surface area contributed by atoms with Gasteiger partial charge in [0.05, 0.1) is 0 Å². The standard InChI is InChI=1S/C11H13FN2/c1-3-4-8-7-14(2)11-9(8)5-6-10(12)13-11/h5-7H,3-4H2,1-2H3. The smallest absolute Gasteiger partial charge is 0.214 e. The van der Waals surface area contributed by atoms with E-state index in [1.807, 2.05) is 23.9 Å². The van der Waals surface area contributed by atoms with E-state index in [1.165, 1.54) is 11.6 Å². The summed E-state index contributed by atoms with van der Waals surface area (Å²) in [6, 6.07) is 3.23. The zero-order valence-electron chi connectivity index (χ0n) is 8.42. The molecule has 0 amide bonds. The van der Waals surface area contributed by atoms with Crippen molar-refractivity contribution in [2.45, 2.75) is 19.8 Å². The molecule has 0 N–H and O–H groups in total. The Morgan fingerprint density at radius 2 is 2.21 bits per heavy atom. The fraction of sp³-hybridized carbons (Fsp3) is 0.364. The molecule has 0 aliphatic rings. The van der Waals surface area contributed by atoms with Crippen LogP contribution in [0, 0.1) is 5.95 Å². The first-order valence-corrected chi connectivity index (χ1v) is 4.83. The van der Waals surface area contributed by atoms with Gasteiger partial charge in [-0.05, 0) is 24.1 Å². The average molecular weight is 192 g/mol. The molecule has 0 bridgehead atoms. The van der Waals surface area contributed by atoms with Crippen LogP contribution >= 0.6 is 0 Å². The minimum absolute atomic E-state index is 0.415. The number of rotatable bonds is 2. The summed E-state index contributed by atoms with van der Waals surface area (Å²) in [6.07, 6.45) is 4.14. The molecule has 3 heteroatoms. The highest BCUT2D eigenvalue weighted by Gasteiger charge is 2.07. The number of pyridine rings is 1. The van der Waals surface area contributed by atoms with Gasteiger partial charge < -0.3 is 4.57 Å². The van der Waals surface area contributed by atoms with Gasteiger partial charge in [-0.1, -0.05) is 13.3 Å². The number of hydrogen-bond donors (Lipinski definition) is 0. The fourth-order valence-corrected chi connectivity index (χ4v) is 1.78. The second-order valence-electron chi connectivity index (χ2n) is 3.52. The summed E-state index contributed by atoms with van der Waals surface area (Å²) in [7, 11) is 1.90. The molecule has 0 radical (unpaired) electrons. The van der Waals surface area contributed by atoms with Crippen molar-refractivity contribution >= 4 is 11.0 Å².